The molecule has 0 aliphatic carbocycles. The van der Waals surface area contributed by atoms with Crippen molar-refractivity contribution in [1.82, 2.24) is 4.85 Å². The average Bonchev–Trinajstić information content (AvgIpc) is 2.85. The molecule has 23 heavy (non-hydrogen) atoms. The van der Waals surface area contributed by atoms with Crippen LogP contribution < -0.4 is 4.85 Å². The summed E-state index contributed by atoms with van der Waals surface area (Å²) < 4.78 is 0. The molecule has 0 spiro atoms. The number of aryl methyl sites for hydroxylation is 1. The van der Waals surface area contributed by atoms with Gasteiger partial charge in [-0.05, 0) is 22.0 Å². The molecule has 0 fully saturated rings. The molecule has 0 bridgehead atoms. The van der Waals surface area contributed by atoms with Crippen LogP contribution in [-0.4, -0.2) is 10.1 Å². The van der Waals surface area contributed by atoms with Gasteiger partial charge in [-0.3, -0.25) is 0 Å². The molecule has 2 aromatic carbocycles. The van der Waals surface area contributed by atoms with Gasteiger partial charge in [-0.1, -0.05) is 60.7 Å². The van der Waals surface area contributed by atoms with E-state index in [1.54, 1.807) is 24.3 Å². The van der Waals surface area contributed by atoms with Gasteiger partial charge in [-0.25, -0.2) is 0 Å². The SMILES string of the molecule is O=Nc1c(-c2ccccc2)n(O)[n+]([O-])c1CCc1ccccc1. The summed E-state index contributed by atoms with van der Waals surface area (Å²) in [6.07, 6.45) is 0.881. The van der Waals surface area contributed by atoms with Gasteiger partial charge in [0.15, 0.2) is 5.69 Å². The van der Waals surface area contributed by atoms with Crippen LogP contribution in [-0.2, 0) is 12.8 Å². The Kier molecular flexibility index (Phi) is 4.05. The maximum absolute atomic E-state index is 12.2. The Morgan fingerprint density at radius 3 is 2.22 bits per heavy atom. The van der Waals surface area contributed by atoms with Crippen molar-refractivity contribution in [3.63, 3.8) is 0 Å². The van der Waals surface area contributed by atoms with E-state index in [-0.39, 0.29) is 17.1 Å². The van der Waals surface area contributed by atoms with E-state index in [1.807, 2.05) is 36.4 Å². The molecular formula is C17H15N3O3. The minimum Gasteiger partial charge on any atom is -0.593 e. The first-order valence-corrected chi connectivity index (χ1v) is 7.21. The number of hydrogen-bond acceptors (Lipinski definition) is 4. The van der Waals surface area contributed by atoms with Crippen molar-refractivity contribution < 1.29 is 10.1 Å². The number of aromatic nitrogens is 2. The molecule has 0 saturated heterocycles. The van der Waals surface area contributed by atoms with E-state index in [2.05, 4.69) is 5.18 Å². The molecule has 0 atom stereocenters. The van der Waals surface area contributed by atoms with Crippen LogP contribution in [0.2, 0.25) is 0 Å². The molecule has 6 heteroatoms. The first-order valence-electron chi connectivity index (χ1n) is 7.21. The van der Waals surface area contributed by atoms with Crippen LogP contribution in [0, 0.1) is 10.1 Å². The fourth-order valence-corrected chi connectivity index (χ4v) is 2.59. The first-order chi connectivity index (χ1) is 11.2. The van der Waals surface area contributed by atoms with E-state index in [0.29, 0.717) is 28.1 Å². The summed E-state index contributed by atoms with van der Waals surface area (Å²) in [7, 11) is 0. The minimum absolute atomic E-state index is 0.0235. The first kappa shape index (κ1) is 14.8. The van der Waals surface area contributed by atoms with Gasteiger partial charge in [-0.2, -0.15) is 0 Å². The van der Waals surface area contributed by atoms with Gasteiger partial charge >= 0.3 is 0 Å². The van der Waals surface area contributed by atoms with Crippen molar-refractivity contribution >= 4 is 5.69 Å². The predicted molar refractivity (Wildman–Crippen MR) is 85.3 cm³/mol. The van der Waals surface area contributed by atoms with Gasteiger partial charge in [-0.15, -0.1) is 4.91 Å². The zero-order valence-corrected chi connectivity index (χ0v) is 12.3. The summed E-state index contributed by atoms with van der Waals surface area (Å²) in [5, 5.41) is 25.2. The van der Waals surface area contributed by atoms with Gasteiger partial charge in [0.05, 0.1) is 0 Å². The minimum atomic E-state index is -0.0235. The van der Waals surface area contributed by atoms with E-state index < -0.39 is 0 Å². The molecule has 0 unspecified atom stereocenters. The van der Waals surface area contributed by atoms with E-state index >= 15 is 0 Å². The highest BCUT2D eigenvalue weighted by atomic mass is 16.6. The molecule has 0 aliphatic heterocycles. The molecule has 1 aromatic heterocycles. The molecule has 3 rings (SSSR count). The molecule has 1 heterocycles. The number of benzene rings is 2. The molecule has 1 N–H and O–H groups in total. The van der Waals surface area contributed by atoms with E-state index in [1.165, 1.54) is 0 Å². The lowest BCUT2D eigenvalue weighted by molar-refractivity contribution is -0.730. The van der Waals surface area contributed by atoms with Crippen molar-refractivity contribution in [1.29, 1.82) is 0 Å². The normalized spacial score (nSPS) is 10.6. The molecule has 0 saturated carbocycles. The maximum atomic E-state index is 12.2. The van der Waals surface area contributed by atoms with Crippen LogP contribution in [0.4, 0.5) is 5.69 Å². The van der Waals surface area contributed by atoms with Crippen LogP contribution in [0.25, 0.3) is 11.3 Å². The van der Waals surface area contributed by atoms with Crippen LogP contribution in [0.15, 0.2) is 65.8 Å². The topological polar surface area (TPSA) is 81.5 Å². The van der Waals surface area contributed by atoms with Crippen molar-refractivity contribution in [2.24, 2.45) is 5.18 Å². The smallest absolute Gasteiger partial charge is 0.254 e. The third-order valence-electron chi connectivity index (χ3n) is 3.73. The second-order valence-electron chi connectivity index (χ2n) is 5.15. The van der Waals surface area contributed by atoms with Gasteiger partial charge < -0.3 is 10.4 Å². The van der Waals surface area contributed by atoms with E-state index in [4.69, 9.17) is 0 Å². The second kappa shape index (κ2) is 6.31. The van der Waals surface area contributed by atoms with Crippen molar-refractivity contribution in [3.8, 4) is 11.3 Å². The Hall–Kier alpha value is -3.15. The molecule has 6 nitrogen and oxygen atoms in total. The largest absolute Gasteiger partial charge is 0.593 e. The summed E-state index contributed by atoms with van der Waals surface area (Å²) in [5.74, 6) is 0. The fraction of sp³-hybridized carbons (Fsp3) is 0.118. The summed E-state index contributed by atoms with van der Waals surface area (Å²) >= 11 is 0. The standard InChI is InChI=1S/C17H15N3O3/c21-18-16-15(12-11-13-7-3-1-4-8-13)19(22)20(23)17(16)14-9-5-2-6-10-14/h1-10,23H,11-12H2. The van der Waals surface area contributed by atoms with Crippen molar-refractivity contribution in [2.75, 3.05) is 0 Å². The highest BCUT2D eigenvalue weighted by Gasteiger charge is 2.29. The summed E-state index contributed by atoms with van der Waals surface area (Å²) in [6.45, 7) is 0. The highest BCUT2D eigenvalue weighted by Crippen LogP contribution is 2.32. The third kappa shape index (κ3) is 2.78. The van der Waals surface area contributed by atoms with Gasteiger partial charge in [0.2, 0.25) is 5.69 Å². The maximum Gasteiger partial charge on any atom is 0.254 e. The Balaban J connectivity index is 1.99. The average molecular weight is 309 g/mol. The zero-order valence-electron chi connectivity index (χ0n) is 12.3. The van der Waals surface area contributed by atoms with Gasteiger partial charge in [0.1, 0.15) is 0 Å². The summed E-state index contributed by atoms with van der Waals surface area (Å²) in [4.78, 5) is 12.0. The van der Waals surface area contributed by atoms with Crippen molar-refractivity contribution in [3.05, 3.63) is 82.0 Å². The molecule has 0 amide bonds. The lowest BCUT2D eigenvalue weighted by Crippen LogP contribution is -2.40. The number of hydrogen-bond donors (Lipinski definition) is 1. The Morgan fingerprint density at radius 2 is 1.61 bits per heavy atom. The molecule has 116 valence electrons. The molecule has 0 aliphatic rings. The fourth-order valence-electron chi connectivity index (χ4n) is 2.59. The Labute approximate surface area is 132 Å². The number of rotatable bonds is 5. The van der Waals surface area contributed by atoms with Gasteiger partial charge in [0, 0.05) is 16.8 Å². The summed E-state index contributed by atoms with van der Waals surface area (Å²) in [5.41, 5.74) is 1.84. The van der Waals surface area contributed by atoms with Crippen LogP contribution in [0.5, 0.6) is 0 Å². The lowest BCUT2D eigenvalue weighted by atomic mass is 10.1. The molecular weight excluding hydrogens is 294 g/mol. The number of nitrogens with zero attached hydrogens (tertiary/aromatic N) is 3. The molecule has 0 radical (unpaired) electrons. The quantitative estimate of drug-likeness (QED) is 0.340. The lowest BCUT2D eigenvalue weighted by Gasteiger charge is -2.00. The highest BCUT2D eigenvalue weighted by molar-refractivity contribution is 5.73. The van der Waals surface area contributed by atoms with Crippen LogP contribution in [0.3, 0.4) is 0 Å². The summed E-state index contributed by atoms with van der Waals surface area (Å²) in [6, 6.07) is 18.4. The monoisotopic (exact) mass is 309 g/mol. The zero-order chi connectivity index (χ0) is 16.2. The second-order valence-corrected chi connectivity index (χ2v) is 5.15. The predicted octanol–water partition coefficient (Wildman–Crippen LogP) is 3.21. The van der Waals surface area contributed by atoms with E-state index in [9.17, 15) is 15.3 Å². The van der Waals surface area contributed by atoms with Gasteiger partial charge in [0.25, 0.3) is 5.69 Å². The van der Waals surface area contributed by atoms with Crippen LogP contribution >= 0.6 is 0 Å². The Morgan fingerprint density at radius 1 is 1.00 bits per heavy atom. The van der Waals surface area contributed by atoms with Crippen LogP contribution in [0.1, 0.15) is 11.3 Å². The Bertz CT molecular complexity index is 814. The number of nitroso groups, excluding NO2 is 1. The van der Waals surface area contributed by atoms with E-state index in [0.717, 1.165) is 5.56 Å². The molecule has 3 aromatic rings. The van der Waals surface area contributed by atoms with Crippen molar-refractivity contribution in [2.45, 2.75) is 12.8 Å². The third-order valence-corrected chi connectivity index (χ3v) is 3.73.